The molecule has 0 bridgehead atoms. The molecule has 0 saturated heterocycles. The van der Waals surface area contributed by atoms with Crippen molar-refractivity contribution in [3.8, 4) is 0 Å². The van der Waals surface area contributed by atoms with E-state index in [0.29, 0.717) is 28.8 Å². The van der Waals surface area contributed by atoms with Gasteiger partial charge >= 0.3 is 0 Å². The largest absolute Gasteiger partial charge is 0.325 e. The molecule has 0 fully saturated rings. The van der Waals surface area contributed by atoms with E-state index in [1.165, 1.54) is 18.7 Å². The maximum Gasteiger partial charge on any atom is 0.234 e. The van der Waals surface area contributed by atoms with Gasteiger partial charge in [-0.1, -0.05) is 29.1 Å². The van der Waals surface area contributed by atoms with E-state index in [-0.39, 0.29) is 17.4 Å². The van der Waals surface area contributed by atoms with Crippen LogP contribution in [0.15, 0.2) is 53.7 Å². The lowest BCUT2D eigenvalue weighted by molar-refractivity contribution is -0.113. The number of Topliss-reactive ketones (excluding diaryl/α,β-unsaturated/α-hetero) is 1. The number of rotatable bonds is 7. The number of aromatic nitrogens is 6. The van der Waals surface area contributed by atoms with Crippen molar-refractivity contribution in [2.24, 2.45) is 7.05 Å². The smallest absolute Gasteiger partial charge is 0.234 e. The van der Waals surface area contributed by atoms with Crippen LogP contribution in [0.4, 0.5) is 5.69 Å². The SMILES string of the molecule is CC(=O)c1ccc(NC(=O)CSc2nnc(Cn3nnc4ccccc43)n2C)cc1. The van der Waals surface area contributed by atoms with Crippen molar-refractivity contribution in [3.05, 3.63) is 59.9 Å². The van der Waals surface area contributed by atoms with Gasteiger partial charge in [0.1, 0.15) is 12.1 Å². The number of hydrogen-bond acceptors (Lipinski definition) is 7. The molecule has 2 heterocycles. The summed E-state index contributed by atoms with van der Waals surface area (Å²) in [6.07, 6.45) is 0. The molecular formula is C20H19N7O2S. The molecule has 0 aliphatic carbocycles. The Morgan fingerprint density at radius 2 is 1.80 bits per heavy atom. The standard InChI is InChI=1S/C20H19N7O2S/c1-13(28)14-7-9-15(10-8-14)21-19(29)12-30-20-24-23-18(26(20)2)11-27-17-6-4-3-5-16(17)22-25-27/h3-10H,11-12H2,1-2H3,(H,21,29). The molecule has 1 amide bonds. The predicted molar refractivity (Wildman–Crippen MR) is 113 cm³/mol. The molecule has 2 aromatic carbocycles. The number of carbonyl (C=O) groups is 2. The zero-order valence-electron chi connectivity index (χ0n) is 16.4. The van der Waals surface area contributed by atoms with Crippen LogP contribution in [0.25, 0.3) is 11.0 Å². The highest BCUT2D eigenvalue weighted by molar-refractivity contribution is 7.99. The van der Waals surface area contributed by atoms with Crippen LogP contribution >= 0.6 is 11.8 Å². The fourth-order valence-electron chi connectivity index (χ4n) is 2.89. The van der Waals surface area contributed by atoms with Gasteiger partial charge in [0, 0.05) is 18.3 Å². The average Bonchev–Trinajstić information content (AvgIpc) is 3.31. The van der Waals surface area contributed by atoms with E-state index in [0.717, 1.165) is 11.0 Å². The van der Waals surface area contributed by atoms with Crippen LogP contribution in [0.5, 0.6) is 0 Å². The number of nitrogens with one attached hydrogen (secondary N) is 1. The molecule has 0 atom stereocenters. The molecule has 1 N–H and O–H groups in total. The molecule has 0 spiro atoms. The average molecular weight is 421 g/mol. The van der Waals surface area contributed by atoms with Gasteiger partial charge < -0.3 is 9.88 Å². The summed E-state index contributed by atoms with van der Waals surface area (Å²) in [7, 11) is 1.86. The zero-order valence-corrected chi connectivity index (χ0v) is 17.3. The van der Waals surface area contributed by atoms with Gasteiger partial charge in [0.2, 0.25) is 5.91 Å². The number of thioether (sulfide) groups is 1. The molecule has 4 rings (SSSR count). The fourth-order valence-corrected chi connectivity index (χ4v) is 3.62. The van der Waals surface area contributed by atoms with Crippen LogP contribution in [0.3, 0.4) is 0 Å². The number of anilines is 1. The summed E-state index contributed by atoms with van der Waals surface area (Å²) in [5.74, 6) is 0.725. The Morgan fingerprint density at radius 3 is 2.57 bits per heavy atom. The molecule has 9 nitrogen and oxygen atoms in total. The molecule has 0 aliphatic heterocycles. The highest BCUT2D eigenvalue weighted by atomic mass is 32.2. The first-order valence-corrected chi connectivity index (χ1v) is 10.2. The third kappa shape index (κ3) is 4.23. The highest BCUT2D eigenvalue weighted by Gasteiger charge is 2.14. The van der Waals surface area contributed by atoms with Gasteiger partial charge in [-0.05, 0) is 43.3 Å². The van der Waals surface area contributed by atoms with E-state index in [9.17, 15) is 9.59 Å². The van der Waals surface area contributed by atoms with Crippen LogP contribution in [-0.2, 0) is 18.4 Å². The fraction of sp³-hybridized carbons (Fsp3) is 0.200. The second-order valence-corrected chi connectivity index (χ2v) is 7.61. The van der Waals surface area contributed by atoms with Gasteiger partial charge in [0.15, 0.2) is 16.8 Å². The van der Waals surface area contributed by atoms with E-state index in [1.807, 2.05) is 35.9 Å². The molecule has 10 heteroatoms. The van der Waals surface area contributed by atoms with Crippen LogP contribution in [0, 0.1) is 0 Å². The minimum absolute atomic E-state index is 0.0135. The highest BCUT2D eigenvalue weighted by Crippen LogP contribution is 2.18. The van der Waals surface area contributed by atoms with Crippen molar-refractivity contribution >= 4 is 40.2 Å². The number of hydrogen-bond donors (Lipinski definition) is 1. The third-order valence-corrected chi connectivity index (χ3v) is 5.56. The van der Waals surface area contributed by atoms with E-state index in [4.69, 9.17) is 0 Å². The van der Waals surface area contributed by atoms with Gasteiger partial charge in [-0.3, -0.25) is 9.59 Å². The summed E-state index contributed by atoms with van der Waals surface area (Å²) >= 11 is 1.30. The number of carbonyl (C=O) groups excluding carboxylic acids is 2. The lowest BCUT2D eigenvalue weighted by Crippen LogP contribution is -2.14. The first kappa shape index (κ1) is 19.8. The van der Waals surface area contributed by atoms with Gasteiger partial charge in [-0.25, -0.2) is 4.68 Å². The molecule has 2 aromatic heterocycles. The molecule has 0 unspecified atom stereocenters. The summed E-state index contributed by atoms with van der Waals surface area (Å²) in [4.78, 5) is 23.6. The molecule has 0 aliphatic rings. The first-order chi connectivity index (χ1) is 14.5. The summed E-state index contributed by atoms with van der Waals surface area (Å²) in [5.41, 5.74) is 2.99. The predicted octanol–water partition coefficient (Wildman–Crippen LogP) is 2.54. The lowest BCUT2D eigenvalue weighted by atomic mass is 10.1. The number of amides is 1. The van der Waals surface area contributed by atoms with Crippen molar-refractivity contribution in [3.63, 3.8) is 0 Å². The monoisotopic (exact) mass is 421 g/mol. The van der Waals surface area contributed by atoms with Gasteiger partial charge in [-0.2, -0.15) is 0 Å². The number of ketones is 1. The topological polar surface area (TPSA) is 108 Å². The van der Waals surface area contributed by atoms with Gasteiger partial charge in [-0.15, -0.1) is 15.3 Å². The normalized spacial score (nSPS) is 11.0. The maximum atomic E-state index is 12.2. The summed E-state index contributed by atoms with van der Waals surface area (Å²) < 4.78 is 3.61. The summed E-state index contributed by atoms with van der Waals surface area (Å²) in [6, 6.07) is 14.5. The van der Waals surface area contributed by atoms with Crippen LogP contribution < -0.4 is 5.32 Å². The number of fused-ring (bicyclic) bond motifs is 1. The molecule has 4 aromatic rings. The van der Waals surface area contributed by atoms with E-state index >= 15 is 0 Å². The zero-order chi connectivity index (χ0) is 21.1. The summed E-state index contributed by atoms with van der Waals surface area (Å²) in [5, 5.41) is 20.2. The molecule has 0 radical (unpaired) electrons. The van der Waals surface area contributed by atoms with Crippen molar-refractivity contribution in [2.45, 2.75) is 18.6 Å². The Hall–Kier alpha value is -3.53. The van der Waals surface area contributed by atoms with Crippen molar-refractivity contribution < 1.29 is 9.59 Å². The van der Waals surface area contributed by atoms with Crippen LogP contribution in [0.1, 0.15) is 23.1 Å². The molecule has 152 valence electrons. The quantitative estimate of drug-likeness (QED) is 0.361. The minimum Gasteiger partial charge on any atom is -0.325 e. The summed E-state index contributed by atoms with van der Waals surface area (Å²) in [6.45, 7) is 1.93. The first-order valence-electron chi connectivity index (χ1n) is 9.21. The van der Waals surface area contributed by atoms with Crippen LogP contribution in [0.2, 0.25) is 0 Å². The molecular weight excluding hydrogens is 402 g/mol. The second kappa shape index (κ2) is 8.46. The maximum absolute atomic E-state index is 12.2. The van der Waals surface area contributed by atoms with E-state index < -0.39 is 0 Å². The van der Waals surface area contributed by atoms with Gasteiger partial charge in [0.25, 0.3) is 0 Å². The Bertz CT molecular complexity index is 1210. The molecule has 30 heavy (non-hydrogen) atoms. The third-order valence-electron chi connectivity index (χ3n) is 4.54. The van der Waals surface area contributed by atoms with E-state index in [1.54, 1.807) is 28.9 Å². The molecule has 0 saturated carbocycles. The van der Waals surface area contributed by atoms with Crippen molar-refractivity contribution in [2.75, 3.05) is 11.1 Å². The Kier molecular flexibility index (Phi) is 5.57. The van der Waals surface area contributed by atoms with Crippen molar-refractivity contribution in [1.82, 2.24) is 29.8 Å². The number of para-hydroxylation sites is 1. The second-order valence-electron chi connectivity index (χ2n) is 6.66. The lowest BCUT2D eigenvalue weighted by Gasteiger charge is -2.06. The van der Waals surface area contributed by atoms with Gasteiger partial charge in [0.05, 0.1) is 11.3 Å². The Morgan fingerprint density at radius 1 is 1.03 bits per heavy atom. The van der Waals surface area contributed by atoms with Crippen molar-refractivity contribution in [1.29, 1.82) is 0 Å². The Labute approximate surface area is 176 Å². The number of nitrogens with zero attached hydrogens (tertiary/aromatic N) is 6. The number of benzene rings is 2. The van der Waals surface area contributed by atoms with E-state index in [2.05, 4.69) is 25.8 Å². The Balaban J connectivity index is 1.37. The van der Waals surface area contributed by atoms with Crippen LogP contribution in [-0.4, -0.2) is 47.2 Å². The minimum atomic E-state index is -0.164.